The molecule has 5 nitrogen and oxygen atoms in total. The van der Waals surface area contributed by atoms with E-state index in [-0.39, 0.29) is 5.56 Å². The Morgan fingerprint density at radius 1 is 1.23 bits per heavy atom. The number of rotatable bonds is 3. The molecule has 3 heterocycles. The van der Waals surface area contributed by atoms with Gasteiger partial charge in [0.1, 0.15) is 11.5 Å². The topological polar surface area (TPSA) is 50.2 Å². The first kappa shape index (κ1) is 14.8. The van der Waals surface area contributed by atoms with Crippen LogP contribution in [0.1, 0.15) is 30.9 Å². The molecular formula is C17H22N4O. The predicted molar refractivity (Wildman–Crippen MR) is 88.4 cm³/mol. The number of anilines is 2. The van der Waals surface area contributed by atoms with Crippen LogP contribution in [0.3, 0.4) is 0 Å². The summed E-state index contributed by atoms with van der Waals surface area (Å²) in [5.74, 6) is 0.700. The van der Waals surface area contributed by atoms with Crippen LogP contribution in [0, 0.1) is 0 Å². The molecule has 0 radical (unpaired) electrons. The van der Waals surface area contributed by atoms with Gasteiger partial charge < -0.3 is 9.88 Å². The van der Waals surface area contributed by atoms with E-state index < -0.39 is 0 Å². The summed E-state index contributed by atoms with van der Waals surface area (Å²) in [5, 5.41) is 3.10. The minimum absolute atomic E-state index is 0.0552. The van der Waals surface area contributed by atoms with Crippen LogP contribution >= 0.6 is 0 Å². The summed E-state index contributed by atoms with van der Waals surface area (Å²) in [6.07, 6.45) is 7.39. The lowest BCUT2D eigenvalue weighted by atomic mass is 9.97. The molecule has 2 aromatic rings. The zero-order valence-electron chi connectivity index (χ0n) is 13.1. The summed E-state index contributed by atoms with van der Waals surface area (Å²) in [5.41, 5.74) is 1.73. The molecule has 1 unspecified atom stereocenters. The van der Waals surface area contributed by atoms with Crippen molar-refractivity contribution in [3.8, 4) is 0 Å². The molecule has 1 N–H and O–H groups in total. The minimum atomic E-state index is -0.0552. The number of aromatic nitrogens is 2. The normalized spacial score (nSPS) is 19.1. The zero-order chi connectivity index (χ0) is 15.5. The highest BCUT2D eigenvalue weighted by Crippen LogP contribution is 2.29. The number of nitrogens with one attached hydrogen (secondary N) is 1. The smallest absolute Gasteiger partial charge is 0.274 e. The Labute approximate surface area is 130 Å². The predicted octanol–water partition coefficient (Wildman–Crippen LogP) is 2.68. The average Bonchev–Trinajstić information content (AvgIpc) is 2.53. The lowest BCUT2D eigenvalue weighted by Crippen LogP contribution is -2.29. The van der Waals surface area contributed by atoms with Gasteiger partial charge in [-0.3, -0.25) is 9.69 Å². The van der Waals surface area contributed by atoms with E-state index >= 15 is 0 Å². The van der Waals surface area contributed by atoms with E-state index in [0.717, 1.165) is 6.54 Å². The number of likely N-dealkylation sites (tertiary alicyclic amines) is 1. The molecule has 2 aromatic heterocycles. The van der Waals surface area contributed by atoms with Gasteiger partial charge in [-0.2, -0.15) is 0 Å². The molecule has 0 bridgehead atoms. The van der Waals surface area contributed by atoms with Crippen LogP contribution in [-0.4, -0.2) is 28.0 Å². The monoisotopic (exact) mass is 298 g/mol. The summed E-state index contributed by atoms with van der Waals surface area (Å²) in [6, 6.07) is 8.13. The highest BCUT2D eigenvalue weighted by Gasteiger charge is 2.20. The Morgan fingerprint density at radius 3 is 2.82 bits per heavy atom. The van der Waals surface area contributed by atoms with Crippen molar-refractivity contribution >= 4 is 11.5 Å². The van der Waals surface area contributed by atoms with Gasteiger partial charge in [-0.25, -0.2) is 4.98 Å². The maximum atomic E-state index is 12.0. The lowest BCUT2D eigenvalue weighted by Gasteiger charge is -2.32. The van der Waals surface area contributed by atoms with Crippen LogP contribution in [0.15, 0.2) is 41.5 Å². The van der Waals surface area contributed by atoms with Gasteiger partial charge >= 0.3 is 0 Å². The molecule has 0 spiro atoms. The van der Waals surface area contributed by atoms with Crippen molar-refractivity contribution in [1.29, 1.82) is 0 Å². The van der Waals surface area contributed by atoms with Crippen LogP contribution in [0.5, 0.6) is 0 Å². The maximum absolute atomic E-state index is 12.0. The van der Waals surface area contributed by atoms with Crippen molar-refractivity contribution in [3.63, 3.8) is 0 Å². The van der Waals surface area contributed by atoms with Crippen molar-refractivity contribution in [3.05, 3.63) is 52.6 Å². The van der Waals surface area contributed by atoms with Gasteiger partial charge in [-0.05, 0) is 50.2 Å². The first-order valence-corrected chi connectivity index (χ1v) is 7.74. The third-order valence-electron chi connectivity index (χ3n) is 4.33. The van der Waals surface area contributed by atoms with Gasteiger partial charge in [-0.1, -0.05) is 12.5 Å². The Hall–Kier alpha value is -2.14. The second kappa shape index (κ2) is 6.32. The van der Waals surface area contributed by atoms with Crippen molar-refractivity contribution in [2.45, 2.75) is 25.3 Å². The Balaban J connectivity index is 1.77. The third kappa shape index (κ3) is 3.04. The number of hydrogen-bond acceptors (Lipinski definition) is 4. The fraction of sp³-hybridized carbons (Fsp3) is 0.412. The van der Waals surface area contributed by atoms with Gasteiger partial charge in [-0.15, -0.1) is 0 Å². The van der Waals surface area contributed by atoms with Gasteiger partial charge in [0.25, 0.3) is 5.56 Å². The number of hydrogen-bond donors (Lipinski definition) is 1. The summed E-state index contributed by atoms with van der Waals surface area (Å²) < 4.78 is 1.55. The fourth-order valence-electron chi connectivity index (χ4n) is 3.00. The molecule has 3 rings (SSSR count). The van der Waals surface area contributed by atoms with Gasteiger partial charge in [0.05, 0.1) is 0 Å². The molecular weight excluding hydrogens is 276 g/mol. The number of aryl methyl sites for hydroxylation is 1. The van der Waals surface area contributed by atoms with Crippen molar-refractivity contribution in [1.82, 2.24) is 14.5 Å². The number of pyridine rings is 2. The second-order valence-electron chi connectivity index (χ2n) is 5.93. The number of piperidine rings is 1. The maximum Gasteiger partial charge on any atom is 0.274 e. The molecule has 0 aliphatic carbocycles. The van der Waals surface area contributed by atoms with E-state index in [1.807, 2.05) is 18.3 Å². The highest BCUT2D eigenvalue weighted by atomic mass is 16.1. The first-order chi connectivity index (χ1) is 10.6. The second-order valence-corrected chi connectivity index (χ2v) is 5.93. The first-order valence-electron chi connectivity index (χ1n) is 7.74. The SMILES string of the molecule is CN1CCCCC1c1ccc(Nc2cccn(C)c2=O)nc1. The van der Waals surface area contributed by atoms with E-state index in [1.54, 1.807) is 23.9 Å². The number of nitrogens with zero attached hydrogens (tertiary/aromatic N) is 3. The van der Waals surface area contributed by atoms with Crippen LogP contribution in [0.25, 0.3) is 0 Å². The molecule has 0 aromatic carbocycles. The lowest BCUT2D eigenvalue weighted by molar-refractivity contribution is 0.187. The van der Waals surface area contributed by atoms with E-state index in [1.165, 1.54) is 24.8 Å². The molecule has 1 aliphatic rings. The largest absolute Gasteiger partial charge is 0.336 e. The quantitative estimate of drug-likeness (QED) is 0.946. The molecule has 1 aliphatic heterocycles. The summed E-state index contributed by atoms with van der Waals surface area (Å²) >= 11 is 0. The standard InChI is InChI=1S/C17H22N4O/c1-20-10-4-3-7-15(20)13-8-9-16(18-12-13)19-14-6-5-11-21(2)17(14)22/h5-6,8-9,11-12,15H,3-4,7,10H2,1-2H3,(H,18,19). The minimum Gasteiger partial charge on any atom is -0.336 e. The van der Waals surface area contributed by atoms with Crippen LogP contribution < -0.4 is 10.9 Å². The highest BCUT2D eigenvalue weighted by molar-refractivity contribution is 5.54. The van der Waals surface area contributed by atoms with Crippen LogP contribution in [0.4, 0.5) is 11.5 Å². The molecule has 1 saturated heterocycles. The van der Waals surface area contributed by atoms with E-state index in [2.05, 4.69) is 28.3 Å². The fourth-order valence-corrected chi connectivity index (χ4v) is 3.00. The van der Waals surface area contributed by atoms with E-state index in [9.17, 15) is 4.79 Å². The average molecular weight is 298 g/mol. The van der Waals surface area contributed by atoms with E-state index in [0.29, 0.717) is 17.5 Å². The molecule has 1 fully saturated rings. The Morgan fingerprint density at radius 2 is 2.09 bits per heavy atom. The Bertz CT molecular complexity index is 693. The summed E-state index contributed by atoms with van der Waals surface area (Å²) in [4.78, 5) is 18.9. The molecule has 5 heteroatoms. The van der Waals surface area contributed by atoms with Crippen molar-refractivity contribution in [2.24, 2.45) is 7.05 Å². The van der Waals surface area contributed by atoms with E-state index in [4.69, 9.17) is 0 Å². The van der Waals surface area contributed by atoms with Crippen molar-refractivity contribution in [2.75, 3.05) is 18.9 Å². The zero-order valence-corrected chi connectivity index (χ0v) is 13.1. The Kier molecular flexibility index (Phi) is 4.24. The van der Waals surface area contributed by atoms with Crippen LogP contribution in [0.2, 0.25) is 0 Å². The molecule has 1 atom stereocenters. The molecule has 22 heavy (non-hydrogen) atoms. The van der Waals surface area contributed by atoms with Gasteiger partial charge in [0.2, 0.25) is 0 Å². The molecule has 0 saturated carbocycles. The van der Waals surface area contributed by atoms with Gasteiger partial charge in [0, 0.05) is 25.5 Å². The van der Waals surface area contributed by atoms with Crippen molar-refractivity contribution < 1.29 is 0 Å². The molecule has 116 valence electrons. The third-order valence-corrected chi connectivity index (χ3v) is 4.33. The van der Waals surface area contributed by atoms with Gasteiger partial charge in [0.15, 0.2) is 0 Å². The summed E-state index contributed by atoms with van der Waals surface area (Å²) in [6.45, 7) is 1.14. The molecule has 0 amide bonds. The summed E-state index contributed by atoms with van der Waals surface area (Å²) in [7, 11) is 3.91. The van der Waals surface area contributed by atoms with Crippen LogP contribution in [-0.2, 0) is 7.05 Å².